The third-order valence-corrected chi connectivity index (χ3v) is 4.42. The maximum atomic E-state index is 12.9. The molecule has 1 aliphatic heterocycles. The number of imidazole rings is 1. The van der Waals surface area contributed by atoms with Gasteiger partial charge in [-0.15, -0.1) is 0 Å². The van der Waals surface area contributed by atoms with Crippen LogP contribution in [0.5, 0.6) is 0 Å². The highest BCUT2D eigenvalue weighted by Crippen LogP contribution is 2.42. The van der Waals surface area contributed by atoms with Gasteiger partial charge in [-0.25, -0.2) is 15.0 Å². The van der Waals surface area contributed by atoms with E-state index in [0.29, 0.717) is 0 Å². The summed E-state index contributed by atoms with van der Waals surface area (Å²) >= 11 is 0. The summed E-state index contributed by atoms with van der Waals surface area (Å²) in [4.78, 5) is 24.7. The highest BCUT2D eigenvalue weighted by molar-refractivity contribution is 5.93. The minimum atomic E-state index is -2.51. The molecule has 1 saturated heterocycles. The summed E-state index contributed by atoms with van der Waals surface area (Å²) in [5, 5.41) is 39.8. The Morgan fingerprint density at radius 2 is 2.08 bits per heavy atom. The number of carbonyl (C=O) groups is 1. The average Bonchev–Trinajstić information content (AvgIpc) is 3.14. The number of hydrogen-bond donors (Lipinski definition) is 7. The Morgan fingerprint density at radius 3 is 2.65 bits per heavy atom. The number of ether oxygens (including phenoxy) is 1. The number of aliphatic hydroxyl groups is 4. The van der Waals surface area contributed by atoms with E-state index in [4.69, 9.17) is 21.9 Å². The van der Waals surface area contributed by atoms with Gasteiger partial charge < -0.3 is 36.6 Å². The van der Waals surface area contributed by atoms with Crippen LogP contribution < -0.4 is 17.2 Å². The SMILES string of the molecule is Nc1ncnc2c1ncn2[C@]1(C(=O)[C@@H](N)CO)O[C@H](CO)[C@@](N)(O)[C@H]1O. The number of carbonyl (C=O) groups excluding carboxylic acids is 1. The number of ketones is 1. The van der Waals surface area contributed by atoms with Crippen molar-refractivity contribution >= 4 is 22.8 Å². The predicted octanol–water partition coefficient (Wildman–Crippen LogP) is -4.65. The van der Waals surface area contributed by atoms with Crippen molar-refractivity contribution in [2.75, 3.05) is 18.9 Å². The largest absolute Gasteiger partial charge is 0.394 e. The lowest BCUT2D eigenvalue weighted by Gasteiger charge is -2.34. The molecule has 5 atom stereocenters. The predicted molar refractivity (Wildman–Crippen MR) is 84.9 cm³/mol. The van der Waals surface area contributed by atoms with Crippen LogP contribution in [0.3, 0.4) is 0 Å². The quantitative estimate of drug-likeness (QED) is 0.247. The first-order valence-electron chi connectivity index (χ1n) is 7.54. The van der Waals surface area contributed by atoms with Gasteiger partial charge in [0.1, 0.15) is 24.3 Å². The van der Waals surface area contributed by atoms with E-state index in [2.05, 4.69) is 15.0 Å². The monoisotopic (exact) mass is 369 g/mol. The van der Waals surface area contributed by atoms with Crippen LogP contribution in [0.15, 0.2) is 12.7 Å². The van der Waals surface area contributed by atoms with E-state index in [1.807, 2.05) is 0 Å². The maximum Gasteiger partial charge on any atom is 0.240 e. The highest BCUT2D eigenvalue weighted by Gasteiger charge is 2.67. The number of anilines is 1. The average molecular weight is 369 g/mol. The normalized spacial score (nSPS) is 32.8. The Morgan fingerprint density at radius 1 is 1.38 bits per heavy atom. The molecule has 1 fully saturated rings. The van der Waals surface area contributed by atoms with Crippen LogP contribution >= 0.6 is 0 Å². The number of nitrogens with two attached hydrogens (primary N) is 3. The van der Waals surface area contributed by atoms with Crippen LogP contribution in [0.25, 0.3) is 11.2 Å². The molecule has 0 aliphatic carbocycles. The molecule has 0 aromatic carbocycles. The molecule has 0 radical (unpaired) electrons. The zero-order chi connectivity index (χ0) is 19.3. The van der Waals surface area contributed by atoms with Gasteiger partial charge in [-0.05, 0) is 0 Å². The minimum Gasteiger partial charge on any atom is -0.394 e. The van der Waals surface area contributed by atoms with Crippen molar-refractivity contribution in [3.05, 3.63) is 12.7 Å². The molecular weight excluding hydrogens is 350 g/mol. The Kier molecular flexibility index (Phi) is 4.40. The van der Waals surface area contributed by atoms with Crippen LogP contribution in [0.1, 0.15) is 0 Å². The number of nitrogen functional groups attached to an aromatic ring is 1. The second-order valence-electron chi connectivity index (χ2n) is 5.97. The molecule has 0 bridgehead atoms. The second-order valence-corrected chi connectivity index (χ2v) is 5.97. The third-order valence-electron chi connectivity index (χ3n) is 4.42. The second kappa shape index (κ2) is 6.17. The summed E-state index contributed by atoms with van der Waals surface area (Å²) in [6.45, 7) is -1.58. The van der Waals surface area contributed by atoms with Gasteiger partial charge in [0.25, 0.3) is 0 Å². The molecule has 13 heteroatoms. The molecule has 3 rings (SSSR count). The lowest BCUT2D eigenvalue weighted by Crippen LogP contribution is -2.63. The number of fused-ring (bicyclic) bond motifs is 1. The first kappa shape index (κ1) is 18.5. The Labute approximate surface area is 146 Å². The fraction of sp³-hybridized carbons (Fsp3) is 0.538. The van der Waals surface area contributed by atoms with Crippen molar-refractivity contribution in [1.29, 1.82) is 0 Å². The molecule has 0 spiro atoms. The van der Waals surface area contributed by atoms with Gasteiger partial charge in [0, 0.05) is 0 Å². The molecule has 2 aromatic rings. The summed E-state index contributed by atoms with van der Waals surface area (Å²) in [7, 11) is 0. The lowest BCUT2D eigenvalue weighted by atomic mass is 9.91. The van der Waals surface area contributed by atoms with Crippen molar-refractivity contribution in [2.45, 2.75) is 29.7 Å². The van der Waals surface area contributed by atoms with Crippen LogP contribution in [0.4, 0.5) is 5.82 Å². The van der Waals surface area contributed by atoms with Crippen molar-refractivity contribution in [2.24, 2.45) is 11.5 Å². The molecule has 0 amide bonds. The van der Waals surface area contributed by atoms with E-state index < -0.39 is 48.7 Å². The van der Waals surface area contributed by atoms with Crippen LogP contribution in [0, 0.1) is 0 Å². The Bertz CT molecular complexity index is 841. The lowest BCUT2D eigenvalue weighted by molar-refractivity contribution is -0.176. The standard InChI is InChI=1S/C13H19N7O6/c14-5(1-21)8(23)13(11(24)12(16,25)6(2-22)26-13)20-4-19-7-9(15)17-3-18-10(7)20/h3-6,11,21-22,24-25H,1-2,14,16H2,(H2,15,17,18)/t5-,6+,11+,12+,13+/m0/s1. The first-order chi connectivity index (χ1) is 12.2. The Balaban J connectivity index is 2.29. The first-order valence-corrected chi connectivity index (χ1v) is 7.54. The van der Waals surface area contributed by atoms with Crippen molar-refractivity contribution < 1.29 is 30.0 Å². The van der Waals surface area contributed by atoms with E-state index in [9.17, 15) is 25.2 Å². The van der Waals surface area contributed by atoms with Gasteiger partial charge in [0.05, 0.1) is 19.3 Å². The smallest absolute Gasteiger partial charge is 0.240 e. The zero-order valence-corrected chi connectivity index (χ0v) is 13.4. The highest BCUT2D eigenvalue weighted by atomic mass is 16.6. The molecule has 10 N–H and O–H groups in total. The number of hydrogen-bond acceptors (Lipinski definition) is 12. The molecule has 26 heavy (non-hydrogen) atoms. The summed E-state index contributed by atoms with van der Waals surface area (Å²) in [6, 6.07) is -1.49. The summed E-state index contributed by atoms with van der Waals surface area (Å²) < 4.78 is 6.51. The minimum absolute atomic E-state index is 0.00277. The molecule has 1 aliphatic rings. The molecule has 0 unspecified atom stereocenters. The van der Waals surface area contributed by atoms with E-state index in [-0.39, 0.29) is 17.0 Å². The van der Waals surface area contributed by atoms with Crippen molar-refractivity contribution in [3.63, 3.8) is 0 Å². The molecular formula is C13H19N7O6. The van der Waals surface area contributed by atoms with Gasteiger partial charge in [0.15, 0.2) is 23.3 Å². The van der Waals surface area contributed by atoms with Crippen molar-refractivity contribution in [1.82, 2.24) is 19.5 Å². The third kappa shape index (κ3) is 2.30. The molecule has 13 nitrogen and oxygen atoms in total. The van der Waals surface area contributed by atoms with Crippen LogP contribution in [-0.2, 0) is 15.3 Å². The number of nitrogens with zero attached hydrogens (tertiary/aromatic N) is 4. The topological polar surface area (TPSA) is 229 Å². The fourth-order valence-corrected chi connectivity index (χ4v) is 2.99. The van der Waals surface area contributed by atoms with Gasteiger partial charge in [-0.2, -0.15) is 0 Å². The van der Waals surface area contributed by atoms with Crippen LogP contribution in [-0.4, -0.2) is 82.9 Å². The summed E-state index contributed by atoms with van der Waals surface area (Å²) in [6.07, 6.45) is -1.44. The van der Waals surface area contributed by atoms with E-state index >= 15 is 0 Å². The number of rotatable bonds is 5. The van der Waals surface area contributed by atoms with E-state index in [1.54, 1.807) is 0 Å². The van der Waals surface area contributed by atoms with Gasteiger partial charge in [-0.1, -0.05) is 0 Å². The van der Waals surface area contributed by atoms with E-state index in [1.165, 1.54) is 0 Å². The Hall–Kier alpha value is -2.26. The molecule has 3 heterocycles. The summed E-state index contributed by atoms with van der Waals surface area (Å²) in [5.74, 6) is -1.01. The van der Waals surface area contributed by atoms with Crippen molar-refractivity contribution in [3.8, 4) is 0 Å². The van der Waals surface area contributed by atoms with Gasteiger partial charge in [-0.3, -0.25) is 15.1 Å². The molecule has 2 aromatic heterocycles. The number of aliphatic hydroxyl groups excluding tert-OH is 3. The summed E-state index contributed by atoms with van der Waals surface area (Å²) in [5.41, 5.74) is 12.2. The number of aromatic nitrogens is 4. The van der Waals surface area contributed by atoms with Crippen LogP contribution in [0.2, 0.25) is 0 Å². The zero-order valence-electron chi connectivity index (χ0n) is 13.4. The maximum absolute atomic E-state index is 12.9. The molecule has 0 saturated carbocycles. The van der Waals surface area contributed by atoms with E-state index in [0.717, 1.165) is 17.2 Å². The van der Waals surface area contributed by atoms with Gasteiger partial charge in [0.2, 0.25) is 11.5 Å². The fourth-order valence-electron chi connectivity index (χ4n) is 2.99. The van der Waals surface area contributed by atoms with Gasteiger partial charge >= 0.3 is 0 Å². The number of Topliss-reactive ketones (excluding diaryl/α,β-unsaturated/α-hetero) is 1. The molecule has 142 valence electrons.